The van der Waals surface area contributed by atoms with Crippen molar-refractivity contribution in [2.75, 3.05) is 0 Å². The number of aliphatic carboxylic acids is 2. The van der Waals surface area contributed by atoms with Gasteiger partial charge in [-0.25, -0.2) is 4.79 Å². The first kappa shape index (κ1) is 26.8. The second-order valence-electron chi connectivity index (χ2n) is 6.89. The van der Waals surface area contributed by atoms with E-state index in [1.54, 1.807) is 13.8 Å². The number of rotatable bonds is 13. The number of carbonyl (C=O) groups excluding carboxylic acids is 4. The monoisotopic (exact) mass is 431 g/mol. The van der Waals surface area contributed by atoms with Crippen LogP contribution in [-0.2, 0) is 28.8 Å². The van der Waals surface area contributed by atoms with Gasteiger partial charge in [0.2, 0.25) is 23.6 Å². The molecular weight excluding hydrogens is 402 g/mol. The molecule has 13 nitrogen and oxygen atoms in total. The number of carboxylic acid groups (broad SMARTS) is 2. The predicted octanol–water partition coefficient (Wildman–Crippen LogP) is -2.73. The highest BCUT2D eigenvalue weighted by Crippen LogP contribution is 2.10. The molecule has 0 aromatic rings. The average Bonchev–Trinajstić information content (AvgIpc) is 2.62. The van der Waals surface area contributed by atoms with Crippen LogP contribution in [0.2, 0.25) is 0 Å². The summed E-state index contributed by atoms with van der Waals surface area (Å²) in [6.45, 7) is 4.65. The van der Waals surface area contributed by atoms with Crippen LogP contribution in [0.3, 0.4) is 0 Å². The van der Waals surface area contributed by atoms with Crippen molar-refractivity contribution in [2.24, 2.45) is 17.4 Å². The molecule has 4 amide bonds. The Hall–Kier alpha value is -3.22. The first-order valence-corrected chi connectivity index (χ1v) is 9.19. The normalized spacial score (nSPS) is 15.6. The van der Waals surface area contributed by atoms with Crippen LogP contribution < -0.4 is 27.4 Å². The molecule has 0 aliphatic rings. The summed E-state index contributed by atoms with van der Waals surface area (Å²) >= 11 is 0. The fraction of sp³-hybridized carbons (Fsp3) is 0.647. The zero-order valence-electron chi connectivity index (χ0n) is 17.0. The highest BCUT2D eigenvalue weighted by molar-refractivity contribution is 5.96. The van der Waals surface area contributed by atoms with E-state index in [4.69, 9.17) is 21.7 Å². The lowest BCUT2D eigenvalue weighted by molar-refractivity contribution is -0.144. The third-order valence-electron chi connectivity index (χ3n) is 4.24. The number of hydrogen-bond donors (Lipinski definition) is 7. The van der Waals surface area contributed by atoms with Crippen molar-refractivity contribution in [1.29, 1.82) is 0 Å². The van der Waals surface area contributed by atoms with Crippen LogP contribution in [-0.4, -0.2) is 69.9 Å². The lowest BCUT2D eigenvalue weighted by Crippen LogP contribution is -2.59. The molecule has 5 unspecified atom stereocenters. The molecule has 0 spiro atoms. The van der Waals surface area contributed by atoms with E-state index in [0.29, 0.717) is 6.42 Å². The molecule has 0 heterocycles. The van der Waals surface area contributed by atoms with Crippen LogP contribution in [0.1, 0.15) is 40.0 Å². The van der Waals surface area contributed by atoms with Gasteiger partial charge in [0.05, 0.1) is 18.9 Å². The van der Waals surface area contributed by atoms with Gasteiger partial charge in [0, 0.05) is 0 Å². The second kappa shape index (κ2) is 12.4. The molecule has 9 N–H and O–H groups in total. The Kier molecular flexibility index (Phi) is 11.0. The number of carboxylic acids is 2. The molecule has 0 aromatic carbocycles. The van der Waals surface area contributed by atoms with Gasteiger partial charge in [0.25, 0.3) is 0 Å². The molecule has 0 radical (unpaired) electrons. The van der Waals surface area contributed by atoms with Gasteiger partial charge in [-0.1, -0.05) is 20.3 Å². The third kappa shape index (κ3) is 9.32. The van der Waals surface area contributed by atoms with Gasteiger partial charge in [-0.2, -0.15) is 0 Å². The summed E-state index contributed by atoms with van der Waals surface area (Å²) in [4.78, 5) is 70.2. The Morgan fingerprint density at radius 3 is 1.77 bits per heavy atom. The van der Waals surface area contributed by atoms with Crippen molar-refractivity contribution in [3.8, 4) is 0 Å². The lowest BCUT2D eigenvalue weighted by Gasteiger charge is -2.27. The van der Waals surface area contributed by atoms with Crippen molar-refractivity contribution < 1.29 is 39.0 Å². The first-order valence-electron chi connectivity index (χ1n) is 9.19. The Bertz CT molecular complexity index is 681. The summed E-state index contributed by atoms with van der Waals surface area (Å²) in [6.07, 6.45) is -1.03. The Morgan fingerprint density at radius 2 is 1.37 bits per heavy atom. The zero-order chi connectivity index (χ0) is 23.6. The Balaban J connectivity index is 5.53. The molecule has 5 atom stereocenters. The standard InChI is InChI=1S/C17H29N5O8/c1-4-7(2)13(16(28)21-10(17(29)30)5-11(19)23)22-15(27)9(6-12(24)25)20-14(26)8(3)18/h7-10,13H,4-6,18H2,1-3H3,(H2,19,23)(H,20,26)(H,21,28)(H,22,27)(H,24,25)(H,29,30). The third-order valence-corrected chi connectivity index (χ3v) is 4.24. The smallest absolute Gasteiger partial charge is 0.326 e. The summed E-state index contributed by atoms with van der Waals surface area (Å²) in [5.41, 5.74) is 10.4. The van der Waals surface area contributed by atoms with Gasteiger partial charge in [-0.15, -0.1) is 0 Å². The zero-order valence-corrected chi connectivity index (χ0v) is 17.0. The van der Waals surface area contributed by atoms with Crippen LogP contribution in [0.4, 0.5) is 0 Å². The maximum atomic E-state index is 12.6. The number of carbonyl (C=O) groups is 6. The van der Waals surface area contributed by atoms with Crippen molar-refractivity contribution in [3.05, 3.63) is 0 Å². The van der Waals surface area contributed by atoms with Gasteiger partial charge in [0.1, 0.15) is 18.1 Å². The van der Waals surface area contributed by atoms with Gasteiger partial charge in [-0.05, 0) is 12.8 Å². The minimum Gasteiger partial charge on any atom is -0.481 e. The minimum absolute atomic E-state index is 0.391. The minimum atomic E-state index is -1.61. The average molecular weight is 431 g/mol. The molecule has 0 aliphatic heterocycles. The maximum absolute atomic E-state index is 12.6. The molecule has 0 aliphatic carbocycles. The topological polar surface area (TPSA) is 231 Å². The molecule has 13 heteroatoms. The van der Waals surface area contributed by atoms with Gasteiger partial charge in [0.15, 0.2) is 0 Å². The molecular formula is C17H29N5O8. The van der Waals surface area contributed by atoms with Crippen LogP contribution in [0, 0.1) is 5.92 Å². The van der Waals surface area contributed by atoms with E-state index in [9.17, 15) is 28.8 Å². The molecule has 0 aromatic heterocycles. The highest BCUT2D eigenvalue weighted by Gasteiger charge is 2.33. The Labute approximate surface area is 172 Å². The largest absolute Gasteiger partial charge is 0.481 e. The van der Waals surface area contributed by atoms with Gasteiger partial charge >= 0.3 is 11.9 Å². The lowest BCUT2D eigenvalue weighted by atomic mass is 9.97. The number of primary amides is 1. The van der Waals surface area contributed by atoms with E-state index < -0.39 is 78.5 Å². The van der Waals surface area contributed by atoms with Crippen molar-refractivity contribution in [3.63, 3.8) is 0 Å². The predicted molar refractivity (Wildman–Crippen MR) is 103 cm³/mol. The first-order chi connectivity index (χ1) is 13.8. The Morgan fingerprint density at radius 1 is 0.833 bits per heavy atom. The fourth-order valence-corrected chi connectivity index (χ4v) is 2.31. The molecule has 0 bridgehead atoms. The maximum Gasteiger partial charge on any atom is 0.326 e. The van der Waals surface area contributed by atoms with Crippen molar-refractivity contribution in [1.82, 2.24) is 16.0 Å². The number of nitrogens with one attached hydrogen (secondary N) is 3. The highest BCUT2D eigenvalue weighted by atomic mass is 16.4. The second-order valence-corrected chi connectivity index (χ2v) is 6.89. The number of hydrogen-bond acceptors (Lipinski definition) is 7. The van der Waals surface area contributed by atoms with Crippen molar-refractivity contribution in [2.45, 2.75) is 64.2 Å². The van der Waals surface area contributed by atoms with Crippen LogP contribution >= 0.6 is 0 Å². The van der Waals surface area contributed by atoms with Gasteiger partial charge < -0.3 is 37.6 Å². The van der Waals surface area contributed by atoms with E-state index in [1.807, 2.05) is 0 Å². The van der Waals surface area contributed by atoms with Crippen LogP contribution in [0.25, 0.3) is 0 Å². The summed E-state index contributed by atoms with van der Waals surface area (Å²) in [7, 11) is 0. The summed E-state index contributed by atoms with van der Waals surface area (Å²) < 4.78 is 0. The molecule has 30 heavy (non-hydrogen) atoms. The fourth-order valence-electron chi connectivity index (χ4n) is 2.31. The summed E-state index contributed by atoms with van der Waals surface area (Å²) in [5, 5.41) is 24.8. The van der Waals surface area contributed by atoms with Crippen LogP contribution in [0.15, 0.2) is 0 Å². The molecule has 0 saturated carbocycles. The molecule has 170 valence electrons. The number of amides is 4. The summed E-state index contributed by atoms with van der Waals surface area (Å²) in [6, 6.07) is -5.39. The van der Waals surface area contributed by atoms with Crippen molar-refractivity contribution >= 4 is 35.6 Å². The molecule has 0 rings (SSSR count). The SMILES string of the molecule is CCC(C)C(NC(=O)C(CC(=O)O)NC(=O)C(C)N)C(=O)NC(CC(N)=O)C(=O)O. The quantitative estimate of drug-likeness (QED) is 0.160. The number of nitrogens with two attached hydrogens (primary N) is 2. The van der Waals surface area contributed by atoms with E-state index in [-0.39, 0.29) is 0 Å². The van der Waals surface area contributed by atoms with Gasteiger partial charge in [-0.3, -0.25) is 24.0 Å². The summed E-state index contributed by atoms with van der Waals surface area (Å²) in [5.74, 6) is -6.96. The van der Waals surface area contributed by atoms with Crippen LogP contribution in [0.5, 0.6) is 0 Å². The molecule has 0 saturated heterocycles. The van der Waals surface area contributed by atoms with E-state index >= 15 is 0 Å². The van der Waals surface area contributed by atoms with E-state index in [0.717, 1.165) is 0 Å². The molecule has 0 fully saturated rings. The van der Waals surface area contributed by atoms with E-state index in [2.05, 4.69) is 16.0 Å². The van der Waals surface area contributed by atoms with E-state index in [1.165, 1.54) is 6.92 Å².